The lowest BCUT2D eigenvalue weighted by atomic mass is 9.93. The number of hydrogen-bond acceptors (Lipinski definition) is 10. The third-order valence-electron chi connectivity index (χ3n) is 8.06. The summed E-state index contributed by atoms with van der Waals surface area (Å²) in [6.45, 7) is 2.97. The molecule has 1 aromatic carbocycles. The quantitative estimate of drug-likeness (QED) is 0.397. The second-order valence-electron chi connectivity index (χ2n) is 10.5. The summed E-state index contributed by atoms with van der Waals surface area (Å²) >= 11 is 0. The summed E-state index contributed by atoms with van der Waals surface area (Å²) in [5.41, 5.74) is 4.52. The highest BCUT2D eigenvalue weighted by Crippen LogP contribution is 2.32. The lowest BCUT2D eigenvalue weighted by Gasteiger charge is -2.30. The number of piperidine rings is 1. The number of fused-ring (bicyclic) bond motifs is 3. The molecule has 3 saturated heterocycles. The van der Waals surface area contributed by atoms with E-state index in [1.165, 1.54) is 7.11 Å². The smallest absolute Gasteiger partial charge is 0.409 e. The van der Waals surface area contributed by atoms with Crippen LogP contribution in [-0.2, 0) is 9.47 Å². The summed E-state index contributed by atoms with van der Waals surface area (Å²) in [5, 5.41) is 4.23. The van der Waals surface area contributed by atoms with Gasteiger partial charge in [0.1, 0.15) is 0 Å². The van der Waals surface area contributed by atoms with Crippen molar-refractivity contribution in [2.75, 3.05) is 43.6 Å². The molecular formula is C29H30N8O3. The Morgan fingerprint density at radius 2 is 1.95 bits per heavy atom. The Balaban J connectivity index is 1.03. The number of amides is 1. The number of anilines is 3. The van der Waals surface area contributed by atoms with Crippen LogP contribution in [0.5, 0.6) is 0 Å². The zero-order valence-corrected chi connectivity index (χ0v) is 22.2. The maximum absolute atomic E-state index is 11.7. The van der Waals surface area contributed by atoms with Gasteiger partial charge >= 0.3 is 6.09 Å². The number of nitrogens with zero attached hydrogens (tertiary/aromatic N) is 7. The van der Waals surface area contributed by atoms with E-state index >= 15 is 0 Å². The number of carbonyl (C=O) groups is 1. The molecule has 0 spiro atoms. The largest absolute Gasteiger partial charge is 0.453 e. The molecule has 0 unspecified atom stereocenters. The molecular weight excluding hydrogens is 508 g/mol. The average molecular weight is 539 g/mol. The van der Waals surface area contributed by atoms with E-state index < -0.39 is 0 Å². The van der Waals surface area contributed by atoms with Crippen LogP contribution in [0, 0.1) is 0 Å². The second kappa shape index (κ2) is 10.3. The molecule has 3 aromatic heterocycles. The van der Waals surface area contributed by atoms with Gasteiger partial charge in [0, 0.05) is 54.6 Å². The minimum atomic E-state index is -0.265. The fourth-order valence-corrected chi connectivity index (χ4v) is 5.88. The van der Waals surface area contributed by atoms with Crippen LogP contribution in [0.4, 0.5) is 22.4 Å². The van der Waals surface area contributed by atoms with Crippen LogP contribution in [0.25, 0.3) is 22.2 Å². The Morgan fingerprint density at radius 3 is 2.70 bits per heavy atom. The van der Waals surface area contributed by atoms with Gasteiger partial charge in [0.05, 0.1) is 49.0 Å². The van der Waals surface area contributed by atoms with Crippen molar-refractivity contribution in [2.45, 2.75) is 37.3 Å². The van der Waals surface area contributed by atoms with E-state index in [1.54, 1.807) is 17.3 Å². The van der Waals surface area contributed by atoms with Crippen LogP contribution < -0.4 is 10.2 Å². The van der Waals surface area contributed by atoms with Crippen LogP contribution in [0.1, 0.15) is 30.9 Å². The van der Waals surface area contributed by atoms with Gasteiger partial charge in [-0.1, -0.05) is 6.07 Å². The van der Waals surface area contributed by atoms with E-state index in [4.69, 9.17) is 19.4 Å². The van der Waals surface area contributed by atoms with Crippen LogP contribution >= 0.6 is 0 Å². The molecule has 2 bridgehead atoms. The average Bonchev–Trinajstić information content (AvgIpc) is 3.65. The van der Waals surface area contributed by atoms with Gasteiger partial charge in [-0.3, -0.25) is 4.98 Å². The van der Waals surface area contributed by atoms with Gasteiger partial charge < -0.3 is 24.6 Å². The molecule has 1 N–H and O–H groups in total. The molecule has 3 aliphatic heterocycles. The number of rotatable bonds is 5. The minimum absolute atomic E-state index is 0.265. The molecule has 3 fully saturated rings. The Morgan fingerprint density at radius 1 is 1.05 bits per heavy atom. The molecule has 3 aliphatic rings. The lowest BCUT2D eigenvalue weighted by Crippen LogP contribution is -2.38. The summed E-state index contributed by atoms with van der Waals surface area (Å²) in [6.07, 6.45) is 8.28. The molecule has 204 valence electrons. The van der Waals surface area contributed by atoms with Gasteiger partial charge in [0.25, 0.3) is 0 Å². The maximum Gasteiger partial charge on any atom is 0.409 e. The van der Waals surface area contributed by atoms with Crippen molar-refractivity contribution in [1.29, 1.82) is 0 Å². The maximum atomic E-state index is 11.7. The number of benzene rings is 1. The van der Waals surface area contributed by atoms with E-state index in [1.807, 2.05) is 36.5 Å². The summed E-state index contributed by atoms with van der Waals surface area (Å²) in [5.74, 6) is 1.59. The first-order valence-corrected chi connectivity index (χ1v) is 13.7. The highest BCUT2D eigenvalue weighted by Gasteiger charge is 2.40. The predicted octanol–water partition coefficient (Wildman–Crippen LogP) is 4.15. The summed E-state index contributed by atoms with van der Waals surface area (Å²) in [7, 11) is 1.42. The third-order valence-corrected chi connectivity index (χ3v) is 8.06. The fraction of sp³-hybridized carbons (Fsp3) is 0.379. The normalized spacial score (nSPS) is 20.7. The van der Waals surface area contributed by atoms with E-state index in [9.17, 15) is 4.79 Å². The number of hydrogen-bond donors (Lipinski definition) is 1. The van der Waals surface area contributed by atoms with Crippen LogP contribution in [0.15, 0.2) is 55.0 Å². The Hall–Kier alpha value is -4.38. The standard InChI is InChI=1S/C29H30N8O3/c1-39-29(38)36-10-7-18(8-11-36)24-5-3-21(15-31-24)33-27-30-9-6-26(34-27)19-2-4-25-20(12-19)14-32-28(35-25)37-16-23-13-22(37)17-40-23/h2-6,9,12,14-15,18,22-23H,7-8,10-11,13,16-17H2,1H3,(H,30,33,34)/t22-,23-/m0/s1. The highest BCUT2D eigenvalue weighted by atomic mass is 16.5. The Labute approximate surface area is 231 Å². The molecule has 11 heteroatoms. The topological polar surface area (TPSA) is 118 Å². The lowest BCUT2D eigenvalue weighted by molar-refractivity contribution is 0.0986. The van der Waals surface area contributed by atoms with Gasteiger partial charge in [0.15, 0.2) is 0 Å². The van der Waals surface area contributed by atoms with Crippen molar-refractivity contribution in [3.63, 3.8) is 0 Å². The first-order chi connectivity index (χ1) is 19.6. The Bertz CT molecular complexity index is 1540. The molecule has 40 heavy (non-hydrogen) atoms. The van der Waals surface area contributed by atoms with Gasteiger partial charge in [-0.25, -0.2) is 24.7 Å². The van der Waals surface area contributed by atoms with Crippen molar-refractivity contribution < 1.29 is 14.3 Å². The number of likely N-dealkylation sites (tertiary alicyclic amines) is 1. The molecule has 6 heterocycles. The number of carbonyl (C=O) groups excluding carboxylic acids is 1. The second-order valence-corrected chi connectivity index (χ2v) is 10.5. The van der Waals surface area contributed by atoms with Crippen molar-refractivity contribution in [3.05, 3.63) is 60.7 Å². The van der Waals surface area contributed by atoms with Crippen molar-refractivity contribution in [2.24, 2.45) is 0 Å². The number of nitrogens with one attached hydrogen (secondary N) is 1. The number of methoxy groups -OCH3 is 1. The predicted molar refractivity (Wildman–Crippen MR) is 150 cm³/mol. The van der Waals surface area contributed by atoms with Crippen molar-refractivity contribution in [3.8, 4) is 11.3 Å². The van der Waals surface area contributed by atoms with E-state index in [2.05, 4.69) is 31.2 Å². The molecule has 2 atom stereocenters. The zero-order valence-electron chi connectivity index (χ0n) is 22.2. The van der Waals surface area contributed by atoms with Gasteiger partial charge in [-0.2, -0.15) is 0 Å². The van der Waals surface area contributed by atoms with Gasteiger partial charge in [-0.15, -0.1) is 0 Å². The van der Waals surface area contributed by atoms with E-state index in [-0.39, 0.29) is 6.09 Å². The zero-order chi connectivity index (χ0) is 27.1. The molecule has 0 saturated carbocycles. The molecule has 11 nitrogen and oxygen atoms in total. The summed E-state index contributed by atoms with van der Waals surface area (Å²) in [4.78, 5) is 39.0. The monoisotopic (exact) mass is 538 g/mol. The first kappa shape index (κ1) is 24.6. The molecule has 0 aliphatic carbocycles. The fourth-order valence-electron chi connectivity index (χ4n) is 5.88. The highest BCUT2D eigenvalue weighted by molar-refractivity contribution is 5.84. The van der Waals surface area contributed by atoms with E-state index in [0.29, 0.717) is 37.1 Å². The number of ether oxygens (including phenoxy) is 2. The van der Waals surface area contributed by atoms with Crippen LogP contribution in [0.2, 0.25) is 0 Å². The van der Waals surface area contributed by atoms with Crippen molar-refractivity contribution >= 4 is 34.6 Å². The number of aromatic nitrogens is 5. The number of morpholine rings is 1. The van der Waals surface area contributed by atoms with Gasteiger partial charge in [0.2, 0.25) is 11.9 Å². The summed E-state index contributed by atoms with van der Waals surface area (Å²) < 4.78 is 10.5. The molecule has 4 aromatic rings. The van der Waals surface area contributed by atoms with Crippen LogP contribution in [0.3, 0.4) is 0 Å². The SMILES string of the molecule is COC(=O)N1CCC(c2ccc(Nc3nccc(-c4ccc5nc(N6C[C@@H]7C[C@H]6CO7)ncc5c4)n3)cn2)CC1. The first-order valence-electron chi connectivity index (χ1n) is 13.7. The molecule has 0 radical (unpaired) electrons. The van der Waals surface area contributed by atoms with E-state index in [0.717, 1.165) is 71.9 Å². The summed E-state index contributed by atoms with van der Waals surface area (Å²) in [6, 6.07) is 12.4. The third kappa shape index (κ3) is 4.77. The Kier molecular flexibility index (Phi) is 6.35. The van der Waals surface area contributed by atoms with Gasteiger partial charge in [-0.05, 0) is 49.6 Å². The molecule has 1 amide bonds. The molecule has 7 rings (SSSR count). The van der Waals surface area contributed by atoms with Crippen molar-refractivity contribution in [1.82, 2.24) is 29.8 Å². The number of pyridine rings is 1. The van der Waals surface area contributed by atoms with Crippen LogP contribution in [-0.4, -0.2) is 81.4 Å². The minimum Gasteiger partial charge on any atom is -0.453 e.